The third kappa shape index (κ3) is 4.11. The molecule has 0 spiro atoms. The molecule has 0 aromatic heterocycles. The van der Waals surface area contributed by atoms with Gasteiger partial charge in [-0.3, -0.25) is 0 Å². The summed E-state index contributed by atoms with van der Waals surface area (Å²) in [5.74, 6) is 2.06. The number of fused-ring (bicyclic) bond motifs is 1. The Hall–Kier alpha value is -2.40. The SMILES string of the molecule is CCOc1ccc(/C=N/OCc2cc(Cl)c3c(c2)OCCO3)cc1. The van der Waals surface area contributed by atoms with E-state index in [2.05, 4.69) is 5.16 Å². The van der Waals surface area contributed by atoms with E-state index in [1.807, 2.05) is 37.3 Å². The maximum Gasteiger partial charge on any atom is 0.179 e. The van der Waals surface area contributed by atoms with Crippen molar-refractivity contribution in [1.29, 1.82) is 0 Å². The van der Waals surface area contributed by atoms with Crippen molar-refractivity contribution >= 4 is 17.8 Å². The largest absolute Gasteiger partial charge is 0.494 e. The van der Waals surface area contributed by atoms with Crippen LogP contribution in [0.1, 0.15) is 18.1 Å². The second-order valence-electron chi connectivity index (χ2n) is 5.11. The predicted octanol–water partition coefficient (Wildman–Crippen LogP) is 4.06. The third-order valence-electron chi connectivity index (χ3n) is 3.36. The Balaban J connectivity index is 1.57. The number of benzene rings is 2. The lowest BCUT2D eigenvalue weighted by molar-refractivity contribution is 0.131. The van der Waals surface area contributed by atoms with E-state index in [9.17, 15) is 0 Å². The molecule has 0 N–H and O–H groups in total. The second-order valence-corrected chi connectivity index (χ2v) is 5.52. The standard InChI is InChI=1S/C18H18ClNO4/c1-2-21-15-5-3-13(4-6-15)11-20-24-12-14-9-16(19)18-17(10-14)22-7-8-23-18/h3-6,9-11H,2,7-8,12H2,1H3/b20-11+. The molecule has 1 heterocycles. The second kappa shape index (κ2) is 7.93. The summed E-state index contributed by atoms with van der Waals surface area (Å²) in [6.45, 7) is 3.92. The highest BCUT2D eigenvalue weighted by atomic mass is 35.5. The molecule has 126 valence electrons. The van der Waals surface area contributed by atoms with E-state index in [-0.39, 0.29) is 0 Å². The van der Waals surface area contributed by atoms with Crippen molar-refractivity contribution in [3.63, 3.8) is 0 Å². The van der Waals surface area contributed by atoms with Gasteiger partial charge in [0.15, 0.2) is 11.5 Å². The van der Waals surface area contributed by atoms with E-state index >= 15 is 0 Å². The Morgan fingerprint density at radius 2 is 1.96 bits per heavy atom. The van der Waals surface area contributed by atoms with Gasteiger partial charge in [0.05, 0.1) is 17.8 Å². The van der Waals surface area contributed by atoms with Crippen LogP contribution in [0.5, 0.6) is 17.2 Å². The molecule has 5 nitrogen and oxygen atoms in total. The van der Waals surface area contributed by atoms with Crippen molar-refractivity contribution in [2.75, 3.05) is 19.8 Å². The van der Waals surface area contributed by atoms with Crippen LogP contribution in [0, 0.1) is 0 Å². The summed E-state index contributed by atoms with van der Waals surface area (Å²) in [5, 5.41) is 4.49. The zero-order valence-corrected chi connectivity index (χ0v) is 14.1. The van der Waals surface area contributed by atoms with Crippen molar-refractivity contribution in [2.45, 2.75) is 13.5 Å². The minimum Gasteiger partial charge on any atom is -0.494 e. The van der Waals surface area contributed by atoms with Crippen molar-refractivity contribution in [3.05, 3.63) is 52.5 Å². The first kappa shape index (κ1) is 16.5. The molecule has 2 aromatic rings. The third-order valence-corrected chi connectivity index (χ3v) is 3.64. The van der Waals surface area contributed by atoms with E-state index in [0.29, 0.717) is 42.9 Å². The van der Waals surface area contributed by atoms with Crippen LogP contribution in [0.2, 0.25) is 5.02 Å². The van der Waals surface area contributed by atoms with Crippen LogP contribution in [0.15, 0.2) is 41.6 Å². The summed E-state index contributed by atoms with van der Waals surface area (Å²) in [6.07, 6.45) is 1.65. The molecule has 0 radical (unpaired) electrons. The summed E-state index contributed by atoms with van der Waals surface area (Å²) >= 11 is 6.19. The minimum atomic E-state index is 0.296. The van der Waals surface area contributed by atoms with Crippen LogP contribution in [0.3, 0.4) is 0 Å². The number of nitrogens with zero attached hydrogens (tertiary/aromatic N) is 1. The summed E-state index contributed by atoms with van der Waals surface area (Å²) in [4.78, 5) is 5.33. The van der Waals surface area contributed by atoms with Crippen molar-refractivity contribution in [1.82, 2.24) is 0 Å². The van der Waals surface area contributed by atoms with Gasteiger partial charge in [0.25, 0.3) is 0 Å². The molecular weight excluding hydrogens is 330 g/mol. The highest BCUT2D eigenvalue weighted by Crippen LogP contribution is 2.38. The zero-order chi connectivity index (χ0) is 16.8. The maximum atomic E-state index is 6.19. The average molecular weight is 348 g/mol. The van der Waals surface area contributed by atoms with Crippen LogP contribution >= 0.6 is 11.6 Å². The van der Waals surface area contributed by atoms with Gasteiger partial charge in [0.1, 0.15) is 25.6 Å². The molecule has 0 atom stereocenters. The maximum absolute atomic E-state index is 6.19. The molecule has 6 heteroatoms. The van der Waals surface area contributed by atoms with Crippen molar-refractivity contribution in [2.24, 2.45) is 5.16 Å². The highest BCUT2D eigenvalue weighted by molar-refractivity contribution is 6.32. The summed E-state index contributed by atoms with van der Waals surface area (Å²) in [5.41, 5.74) is 1.80. The van der Waals surface area contributed by atoms with Crippen LogP contribution in [-0.2, 0) is 11.4 Å². The molecule has 0 bridgehead atoms. The first-order chi connectivity index (χ1) is 11.8. The van der Waals surface area contributed by atoms with Gasteiger partial charge < -0.3 is 19.0 Å². The van der Waals surface area contributed by atoms with E-state index in [4.69, 9.17) is 30.6 Å². The molecule has 1 aliphatic rings. The predicted molar refractivity (Wildman–Crippen MR) is 92.4 cm³/mol. The average Bonchev–Trinajstić information content (AvgIpc) is 2.60. The molecule has 0 fully saturated rings. The number of halogens is 1. The van der Waals surface area contributed by atoms with Crippen LogP contribution in [0.4, 0.5) is 0 Å². The molecule has 24 heavy (non-hydrogen) atoms. The molecule has 1 aliphatic heterocycles. The smallest absolute Gasteiger partial charge is 0.179 e. The topological polar surface area (TPSA) is 49.3 Å². The molecule has 3 rings (SSSR count). The van der Waals surface area contributed by atoms with Gasteiger partial charge in [-0.15, -0.1) is 0 Å². The van der Waals surface area contributed by atoms with Gasteiger partial charge in [-0.2, -0.15) is 0 Å². The lowest BCUT2D eigenvalue weighted by atomic mass is 10.2. The summed E-state index contributed by atoms with van der Waals surface area (Å²) in [6, 6.07) is 11.3. The van der Waals surface area contributed by atoms with E-state index in [0.717, 1.165) is 16.9 Å². The first-order valence-corrected chi connectivity index (χ1v) is 8.10. The number of hydrogen-bond acceptors (Lipinski definition) is 5. The van der Waals surface area contributed by atoms with Gasteiger partial charge >= 0.3 is 0 Å². The molecule has 0 saturated heterocycles. The number of rotatable bonds is 6. The van der Waals surface area contributed by atoms with Crippen molar-refractivity contribution in [3.8, 4) is 17.2 Å². The quantitative estimate of drug-likeness (QED) is 0.584. The van der Waals surface area contributed by atoms with Crippen LogP contribution in [0.25, 0.3) is 0 Å². The number of ether oxygens (including phenoxy) is 3. The Kier molecular flexibility index (Phi) is 5.43. The molecule has 0 unspecified atom stereocenters. The van der Waals surface area contributed by atoms with Gasteiger partial charge in [-0.25, -0.2) is 0 Å². The minimum absolute atomic E-state index is 0.296. The van der Waals surface area contributed by atoms with Crippen molar-refractivity contribution < 1.29 is 19.0 Å². The lowest BCUT2D eigenvalue weighted by Gasteiger charge is -2.20. The Morgan fingerprint density at radius 3 is 2.75 bits per heavy atom. The number of oxime groups is 1. The van der Waals surface area contributed by atoms with Gasteiger partial charge in [-0.1, -0.05) is 16.8 Å². The molecule has 0 saturated carbocycles. The fourth-order valence-corrected chi connectivity index (χ4v) is 2.56. The normalized spacial score (nSPS) is 13.1. The fraction of sp³-hybridized carbons (Fsp3) is 0.278. The number of hydrogen-bond donors (Lipinski definition) is 0. The van der Waals surface area contributed by atoms with E-state index in [1.54, 1.807) is 12.3 Å². The zero-order valence-electron chi connectivity index (χ0n) is 13.3. The Labute approximate surface area is 145 Å². The van der Waals surface area contributed by atoms with Crippen LogP contribution < -0.4 is 14.2 Å². The monoisotopic (exact) mass is 347 g/mol. The van der Waals surface area contributed by atoms with E-state index < -0.39 is 0 Å². The molecule has 0 amide bonds. The molecule has 0 aliphatic carbocycles. The Morgan fingerprint density at radius 1 is 1.17 bits per heavy atom. The summed E-state index contributed by atoms with van der Waals surface area (Å²) in [7, 11) is 0. The lowest BCUT2D eigenvalue weighted by Crippen LogP contribution is -2.15. The fourth-order valence-electron chi connectivity index (χ4n) is 2.27. The van der Waals surface area contributed by atoms with Gasteiger partial charge in [-0.05, 0) is 54.4 Å². The molecule has 2 aromatic carbocycles. The van der Waals surface area contributed by atoms with Gasteiger partial charge in [0.2, 0.25) is 0 Å². The van der Waals surface area contributed by atoms with Crippen LogP contribution in [-0.4, -0.2) is 26.0 Å². The van der Waals surface area contributed by atoms with E-state index in [1.165, 1.54) is 0 Å². The Bertz CT molecular complexity index is 716. The summed E-state index contributed by atoms with van der Waals surface area (Å²) < 4.78 is 16.4. The van der Waals surface area contributed by atoms with Gasteiger partial charge in [0, 0.05) is 0 Å². The molecular formula is C18H18ClNO4. The first-order valence-electron chi connectivity index (χ1n) is 7.72. The highest BCUT2D eigenvalue weighted by Gasteiger charge is 2.16.